The normalized spacial score (nSPS) is 15.8. The molecule has 9 nitrogen and oxygen atoms in total. The number of hydrogen-bond acceptors (Lipinski definition) is 7. The molecular weight excluding hydrogens is 559 g/mol. The Labute approximate surface area is 258 Å². The number of aliphatic carboxylic acids is 1. The average Bonchev–Trinajstić information content (AvgIpc) is 3.41. The quantitative estimate of drug-likeness (QED) is 0.236. The van der Waals surface area contributed by atoms with Crippen LogP contribution in [0.4, 0.5) is 10.1 Å². The van der Waals surface area contributed by atoms with Crippen molar-refractivity contribution in [2.24, 2.45) is 5.41 Å². The Morgan fingerprint density at radius 1 is 1.00 bits per heavy atom. The number of pyridine rings is 1. The van der Waals surface area contributed by atoms with E-state index in [1.807, 2.05) is 58.9 Å². The van der Waals surface area contributed by atoms with Gasteiger partial charge in [0.05, 0.1) is 17.8 Å². The summed E-state index contributed by atoms with van der Waals surface area (Å²) in [5, 5.41) is 22.7. The smallest absolute Gasteiger partial charge is 0.337 e. The standard InChI is InChI=1S/C34H41FN6O3/c1-21-27(24-10-12-25(13-11-24)31-37-38-39-41(31)20-23-8-14-26(35)15-9-23)29(40-18-16-34(6,7)17-19-40)28(22(2)36-21)30(32(42)43)44-33(3,4)5/h8-15,30H,16-20H2,1-7H3,(H,42,43). The van der Waals surface area contributed by atoms with Crippen molar-refractivity contribution < 1.29 is 19.0 Å². The summed E-state index contributed by atoms with van der Waals surface area (Å²) < 4.78 is 21.3. The van der Waals surface area contributed by atoms with Gasteiger partial charge in [0, 0.05) is 41.2 Å². The van der Waals surface area contributed by atoms with E-state index in [4.69, 9.17) is 9.72 Å². The molecule has 4 aromatic rings. The minimum absolute atomic E-state index is 0.210. The number of tetrazole rings is 1. The van der Waals surface area contributed by atoms with E-state index in [1.54, 1.807) is 16.8 Å². The first kappa shape index (κ1) is 31.3. The highest BCUT2D eigenvalue weighted by molar-refractivity contribution is 5.88. The zero-order chi connectivity index (χ0) is 31.8. The summed E-state index contributed by atoms with van der Waals surface area (Å²) in [4.78, 5) is 19.9. The maximum Gasteiger partial charge on any atom is 0.337 e. The van der Waals surface area contributed by atoms with Crippen LogP contribution in [-0.4, -0.2) is 55.0 Å². The summed E-state index contributed by atoms with van der Waals surface area (Å²) in [6.07, 6.45) is 0.793. The van der Waals surface area contributed by atoms with Crippen molar-refractivity contribution in [3.63, 3.8) is 0 Å². The maximum absolute atomic E-state index is 13.4. The minimum atomic E-state index is -1.18. The van der Waals surface area contributed by atoms with Gasteiger partial charge in [0.25, 0.3) is 0 Å². The SMILES string of the molecule is Cc1nc(C)c(C(OC(C)(C)C)C(=O)O)c(N2CCC(C)(C)CC2)c1-c1ccc(-c2nnnn2Cc2ccc(F)cc2)cc1. The second-order valence-corrected chi connectivity index (χ2v) is 13.4. The van der Waals surface area contributed by atoms with Gasteiger partial charge in [-0.2, -0.15) is 0 Å². The van der Waals surface area contributed by atoms with Crippen molar-refractivity contribution >= 4 is 11.7 Å². The molecular formula is C34H41FN6O3. The lowest BCUT2D eigenvalue weighted by molar-refractivity contribution is -0.160. The van der Waals surface area contributed by atoms with E-state index in [0.717, 1.165) is 59.6 Å². The number of aryl methyl sites for hydroxylation is 2. The van der Waals surface area contributed by atoms with Gasteiger partial charge in [-0.15, -0.1) is 5.10 Å². The van der Waals surface area contributed by atoms with E-state index in [1.165, 1.54) is 12.1 Å². The van der Waals surface area contributed by atoms with Gasteiger partial charge in [-0.1, -0.05) is 50.2 Å². The zero-order valence-corrected chi connectivity index (χ0v) is 26.6. The van der Waals surface area contributed by atoms with Gasteiger partial charge in [-0.25, -0.2) is 13.9 Å². The molecule has 2 aromatic heterocycles. The van der Waals surface area contributed by atoms with Crippen molar-refractivity contribution in [2.75, 3.05) is 18.0 Å². The number of carbonyl (C=O) groups is 1. The predicted molar refractivity (Wildman–Crippen MR) is 168 cm³/mol. The number of anilines is 1. The van der Waals surface area contributed by atoms with Gasteiger partial charge in [0.2, 0.25) is 0 Å². The number of aromatic nitrogens is 5. The summed E-state index contributed by atoms with van der Waals surface area (Å²) in [5.41, 5.74) is 5.98. The molecule has 0 radical (unpaired) electrons. The van der Waals surface area contributed by atoms with Crippen molar-refractivity contribution in [3.05, 3.63) is 76.9 Å². The van der Waals surface area contributed by atoms with E-state index < -0.39 is 17.7 Å². The average molecular weight is 601 g/mol. The molecule has 232 valence electrons. The van der Waals surface area contributed by atoms with Gasteiger partial charge < -0.3 is 14.7 Å². The lowest BCUT2D eigenvalue weighted by atomic mass is 9.81. The molecule has 1 saturated heterocycles. The minimum Gasteiger partial charge on any atom is -0.479 e. The molecule has 1 unspecified atom stereocenters. The number of piperidine rings is 1. The summed E-state index contributed by atoms with van der Waals surface area (Å²) >= 11 is 0. The third kappa shape index (κ3) is 6.80. The molecule has 5 rings (SSSR count). The van der Waals surface area contributed by atoms with E-state index in [0.29, 0.717) is 23.6 Å². The lowest BCUT2D eigenvalue weighted by Crippen LogP contribution is -2.39. The monoisotopic (exact) mass is 600 g/mol. The van der Waals surface area contributed by atoms with Gasteiger partial charge in [-0.05, 0) is 86.6 Å². The predicted octanol–water partition coefficient (Wildman–Crippen LogP) is 6.77. The summed E-state index contributed by atoms with van der Waals surface area (Å²) in [5.74, 6) is -0.748. The highest BCUT2D eigenvalue weighted by Gasteiger charge is 2.36. The molecule has 0 spiro atoms. The molecule has 1 fully saturated rings. The third-order valence-electron chi connectivity index (χ3n) is 8.18. The molecule has 0 saturated carbocycles. The van der Waals surface area contributed by atoms with Crippen molar-refractivity contribution in [2.45, 2.75) is 79.6 Å². The number of benzene rings is 2. The fourth-order valence-electron chi connectivity index (χ4n) is 5.82. The fraction of sp³-hybridized carbons (Fsp3) is 0.441. The summed E-state index contributed by atoms with van der Waals surface area (Å²) in [6.45, 7) is 16.0. The molecule has 3 heterocycles. The molecule has 10 heteroatoms. The van der Waals surface area contributed by atoms with Crippen molar-refractivity contribution in [3.8, 4) is 22.5 Å². The third-order valence-corrected chi connectivity index (χ3v) is 8.18. The molecule has 0 aliphatic carbocycles. The highest BCUT2D eigenvalue weighted by Crippen LogP contribution is 2.45. The van der Waals surface area contributed by atoms with Gasteiger partial charge >= 0.3 is 5.97 Å². The zero-order valence-electron chi connectivity index (χ0n) is 26.6. The van der Waals surface area contributed by atoms with Crippen LogP contribution in [0.2, 0.25) is 0 Å². The molecule has 1 atom stereocenters. The van der Waals surface area contributed by atoms with Gasteiger partial charge in [0.1, 0.15) is 5.82 Å². The second kappa shape index (κ2) is 12.1. The molecule has 1 aliphatic rings. The largest absolute Gasteiger partial charge is 0.479 e. The van der Waals surface area contributed by atoms with Crippen LogP contribution in [-0.2, 0) is 16.1 Å². The molecule has 44 heavy (non-hydrogen) atoms. The van der Waals surface area contributed by atoms with Gasteiger partial charge in [0.15, 0.2) is 11.9 Å². The lowest BCUT2D eigenvalue weighted by Gasteiger charge is -2.41. The Hall–Kier alpha value is -4.18. The molecule has 0 bridgehead atoms. The first-order chi connectivity index (χ1) is 20.7. The van der Waals surface area contributed by atoms with Gasteiger partial charge in [-0.3, -0.25) is 4.98 Å². The highest BCUT2D eigenvalue weighted by atomic mass is 19.1. The van der Waals surface area contributed by atoms with E-state index in [9.17, 15) is 14.3 Å². The first-order valence-electron chi connectivity index (χ1n) is 15.0. The van der Waals surface area contributed by atoms with Crippen LogP contribution < -0.4 is 4.90 Å². The van der Waals surface area contributed by atoms with E-state index in [-0.39, 0.29) is 11.2 Å². The Morgan fingerprint density at radius 2 is 1.61 bits per heavy atom. The topological polar surface area (TPSA) is 106 Å². The van der Waals surface area contributed by atoms with E-state index >= 15 is 0 Å². The Morgan fingerprint density at radius 3 is 2.20 bits per heavy atom. The first-order valence-corrected chi connectivity index (χ1v) is 15.0. The van der Waals surface area contributed by atoms with Crippen molar-refractivity contribution in [1.29, 1.82) is 0 Å². The molecule has 1 N–H and O–H groups in total. The van der Waals surface area contributed by atoms with Crippen LogP contribution in [0.1, 0.15) is 76.1 Å². The van der Waals surface area contributed by atoms with Crippen LogP contribution in [0.15, 0.2) is 48.5 Å². The van der Waals surface area contributed by atoms with Crippen LogP contribution in [0.3, 0.4) is 0 Å². The molecule has 2 aromatic carbocycles. The number of hydrogen-bond donors (Lipinski definition) is 1. The Bertz CT molecular complexity index is 1630. The number of rotatable bonds is 8. The number of carboxylic acids is 1. The Balaban J connectivity index is 1.59. The number of ether oxygens (including phenoxy) is 1. The van der Waals surface area contributed by atoms with Crippen LogP contribution >= 0.6 is 0 Å². The molecule has 1 aliphatic heterocycles. The summed E-state index contributed by atoms with van der Waals surface area (Å²) in [7, 11) is 0. The number of nitrogens with zero attached hydrogens (tertiary/aromatic N) is 6. The van der Waals surface area contributed by atoms with Crippen LogP contribution in [0.5, 0.6) is 0 Å². The van der Waals surface area contributed by atoms with Crippen molar-refractivity contribution in [1.82, 2.24) is 25.2 Å². The van der Waals surface area contributed by atoms with E-state index in [2.05, 4.69) is 34.3 Å². The Kier molecular flexibility index (Phi) is 8.57. The molecule has 0 amide bonds. The number of carboxylic acid groups (broad SMARTS) is 1. The second-order valence-electron chi connectivity index (χ2n) is 13.4. The fourth-order valence-corrected chi connectivity index (χ4v) is 5.82. The number of halogens is 1. The van der Waals surface area contributed by atoms with Crippen LogP contribution in [0.25, 0.3) is 22.5 Å². The maximum atomic E-state index is 13.4. The van der Waals surface area contributed by atoms with Crippen LogP contribution in [0, 0.1) is 25.1 Å². The summed E-state index contributed by atoms with van der Waals surface area (Å²) in [6, 6.07) is 14.2.